The minimum Gasteiger partial charge on any atom is -0.282 e. The van der Waals surface area contributed by atoms with Gasteiger partial charge in [0.15, 0.2) is 0 Å². The number of hydrazone groups is 1. The summed E-state index contributed by atoms with van der Waals surface area (Å²) in [6, 6.07) is 4.65. The molecule has 0 amide bonds. The molecule has 0 unspecified atom stereocenters. The van der Waals surface area contributed by atoms with Crippen molar-refractivity contribution in [1.82, 2.24) is 5.43 Å². The van der Waals surface area contributed by atoms with E-state index in [-0.39, 0.29) is 21.5 Å². The quantitative estimate of drug-likeness (QED) is 0.500. The van der Waals surface area contributed by atoms with Gasteiger partial charge in [0, 0.05) is 22.7 Å². The Morgan fingerprint density at radius 2 is 2.17 bits per heavy atom. The van der Waals surface area contributed by atoms with Crippen LogP contribution < -0.4 is 5.43 Å². The zero-order valence-corrected chi connectivity index (χ0v) is 14.2. The Morgan fingerprint density at radius 3 is 2.74 bits per heavy atom. The number of rotatable bonds is 4. The average molecular weight is 334 g/mol. The molecule has 2 atom stereocenters. The van der Waals surface area contributed by atoms with Crippen molar-refractivity contribution in [2.75, 3.05) is 0 Å². The van der Waals surface area contributed by atoms with Gasteiger partial charge >= 0.3 is 0 Å². The van der Waals surface area contributed by atoms with E-state index in [0.29, 0.717) is 11.5 Å². The number of halogens is 1. The lowest BCUT2D eigenvalue weighted by Gasteiger charge is -2.36. The lowest BCUT2D eigenvalue weighted by atomic mass is 9.69. The molecular formula is C17H20ClN3O2. The molecule has 3 rings (SSSR count). The van der Waals surface area contributed by atoms with E-state index in [1.54, 1.807) is 12.3 Å². The number of benzene rings is 1. The molecule has 5 nitrogen and oxygen atoms in total. The van der Waals surface area contributed by atoms with Crippen molar-refractivity contribution in [3.63, 3.8) is 0 Å². The molecule has 1 N–H and O–H groups in total. The summed E-state index contributed by atoms with van der Waals surface area (Å²) in [7, 11) is 0. The minimum atomic E-state index is -0.491. The van der Waals surface area contributed by atoms with Gasteiger partial charge in [0.05, 0.1) is 11.1 Å². The Labute approximate surface area is 140 Å². The second-order valence-electron chi connectivity index (χ2n) is 7.12. The topological polar surface area (TPSA) is 67.5 Å². The molecule has 0 aromatic heterocycles. The molecule has 0 spiro atoms. The van der Waals surface area contributed by atoms with E-state index in [1.807, 2.05) is 0 Å². The van der Waals surface area contributed by atoms with Gasteiger partial charge in [-0.1, -0.05) is 44.5 Å². The summed E-state index contributed by atoms with van der Waals surface area (Å²) in [5.74, 6) is 0.585. The van der Waals surface area contributed by atoms with Gasteiger partial charge in [-0.25, -0.2) is 0 Å². The van der Waals surface area contributed by atoms with Crippen LogP contribution in [-0.2, 0) is 0 Å². The van der Waals surface area contributed by atoms with Gasteiger partial charge in [0.25, 0.3) is 5.69 Å². The largest absolute Gasteiger partial charge is 0.288 e. The van der Waals surface area contributed by atoms with Crippen LogP contribution in [0, 0.1) is 26.9 Å². The number of hydrogen-bond donors (Lipinski definition) is 1. The highest BCUT2D eigenvalue weighted by Gasteiger charge is 2.57. The molecule has 23 heavy (non-hydrogen) atoms. The van der Waals surface area contributed by atoms with Crippen molar-refractivity contribution in [2.45, 2.75) is 33.6 Å². The highest BCUT2D eigenvalue weighted by molar-refractivity contribution is 6.32. The molecule has 0 radical (unpaired) electrons. The van der Waals surface area contributed by atoms with Crippen molar-refractivity contribution in [3.05, 3.63) is 50.7 Å². The van der Waals surface area contributed by atoms with E-state index >= 15 is 0 Å². The van der Waals surface area contributed by atoms with E-state index in [4.69, 9.17) is 11.6 Å². The predicted molar refractivity (Wildman–Crippen MR) is 91.5 cm³/mol. The third-order valence-electron chi connectivity index (χ3n) is 5.83. The Hall–Kier alpha value is -1.88. The maximum absolute atomic E-state index is 10.9. The molecule has 0 aliphatic heterocycles. The highest BCUT2D eigenvalue weighted by atomic mass is 35.5. The van der Waals surface area contributed by atoms with Crippen LogP contribution in [0.2, 0.25) is 5.02 Å². The zero-order valence-electron chi connectivity index (χ0n) is 13.5. The minimum absolute atomic E-state index is 0.108. The van der Waals surface area contributed by atoms with E-state index in [9.17, 15) is 10.1 Å². The lowest BCUT2D eigenvalue weighted by molar-refractivity contribution is -0.384. The average Bonchev–Trinajstić information content (AvgIpc) is 2.82. The Kier molecular flexibility index (Phi) is 3.71. The predicted octanol–water partition coefficient (Wildman–Crippen LogP) is 4.51. The normalized spacial score (nSPS) is 28.2. The van der Waals surface area contributed by atoms with Crippen LogP contribution >= 0.6 is 11.6 Å². The van der Waals surface area contributed by atoms with Gasteiger partial charge in [-0.2, -0.15) is 5.10 Å². The van der Waals surface area contributed by atoms with E-state index in [1.165, 1.54) is 18.6 Å². The molecule has 2 bridgehead atoms. The van der Waals surface area contributed by atoms with Gasteiger partial charge < -0.3 is 0 Å². The molecule has 122 valence electrons. The third-order valence-corrected chi connectivity index (χ3v) is 6.15. The van der Waals surface area contributed by atoms with E-state index in [0.717, 1.165) is 12.1 Å². The van der Waals surface area contributed by atoms with Gasteiger partial charge in [-0.15, -0.1) is 0 Å². The first-order valence-corrected chi connectivity index (χ1v) is 8.09. The number of fused-ring (bicyclic) bond motifs is 2. The van der Waals surface area contributed by atoms with Crippen molar-refractivity contribution < 1.29 is 4.92 Å². The van der Waals surface area contributed by atoms with Gasteiger partial charge in [-0.3, -0.25) is 15.5 Å². The third kappa shape index (κ3) is 2.43. The standard InChI is InChI=1S/C17H20ClN3O2/c1-16(2)12-6-7-17(16,3)15(9-12)20-19-10-11-4-5-13(18)14(8-11)21(22)23/h4-5,8-10,12,20H,6-7H2,1-3H3/b19-10-/t12-,17-/m0/s1. The second-order valence-corrected chi connectivity index (χ2v) is 7.52. The molecule has 1 fully saturated rings. The zero-order chi connectivity index (χ0) is 16.8. The van der Waals surface area contributed by atoms with E-state index in [2.05, 4.69) is 37.4 Å². The van der Waals surface area contributed by atoms with Crippen LogP contribution in [0.1, 0.15) is 39.2 Å². The number of nitrogens with one attached hydrogen (secondary N) is 1. The molecule has 2 aliphatic carbocycles. The maximum atomic E-state index is 10.9. The number of nitro benzene ring substituents is 1. The number of nitrogens with zero attached hydrogens (tertiary/aromatic N) is 2. The summed E-state index contributed by atoms with van der Waals surface area (Å²) in [6.45, 7) is 6.89. The van der Waals surface area contributed by atoms with Crippen molar-refractivity contribution >= 4 is 23.5 Å². The Bertz CT molecular complexity index is 727. The summed E-state index contributed by atoms with van der Waals surface area (Å²) in [4.78, 5) is 10.4. The van der Waals surface area contributed by atoms with E-state index < -0.39 is 4.92 Å². The van der Waals surface area contributed by atoms with Crippen LogP contribution in [-0.4, -0.2) is 11.1 Å². The van der Waals surface area contributed by atoms with Crippen molar-refractivity contribution in [3.8, 4) is 0 Å². The number of allylic oxidation sites excluding steroid dienone is 2. The molecule has 0 saturated heterocycles. The molecule has 1 saturated carbocycles. The van der Waals surface area contributed by atoms with Crippen LogP contribution in [0.4, 0.5) is 5.69 Å². The summed E-state index contributed by atoms with van der Waals surface area (Å²) in [5.41, 5.74) is 5.18. The van der Waals surface area contributed by atoms with Crippen LogP contribution in [0.5, 0.6) is 0 Å². The van der Waals surface area contributed by atoms with Gasteiger partial charge in [0.2, 0.25) is 0 Å². The van der Waals surface area contributed by atoms with Crippen LogP contribution in [0.25, 0.3) is 0 Å². The highest BCUT2D eigenvalue weighted by Crippen LogP contribution is 2.64. The molecule has 6 heteroatoms. The smallest absolute Gasteiger partial charge is 0.282 e. The first-order chi connectivity index (χ1) is 10.8. The molecule has 1 aromatic rings. The monoisotopic (exact) mass is 333 g/mol. The summed E-state index contributed by atoms with van der Waals surface area (Å²) < 4.78 is 0. The molecule has 0 heterocycles. The first kappa shape index (κ1) is 16.0. The molecule has 1 aromatic carbocycles. The Morgan fingerprint density at radius 1 is 1.43 bits per heavy atom. The fraction of sp³-hybridized carbons (Fsp3) is 0.471. The van der Waals surface area contributed by atoms with Gasteiger partial charge in [0.1, 0.15) is 5.02 Å². The van der Waals surface area contributed by atoms with Crippen LogP contribution in [0.3, 0.4) is 0 Å². The molecule has 2 aliphatic rings. The SMILES string of the molecule is CC1(C)[C@@H]2C=C(N/N=C\c3ccc(Cl)c([N+](=O)[O-])c3)[C@]1(C)CC2. The fourth-order valence-corrected chi connectivity index (χ4v) is 3.97. The Balaban J connectivity index is 1.75. The second kappa shape index (κ2) is 5.34. The summed E-state index contributed by atoms with van der Waals surface area (Å²) in [6.07, 6.45) is 6.25. The number of nitro groups is 1. The number of hydrogen-bond acceptors (Lipinski definition) is 4. The molecular weight excluding hydrogens is 314 g/mol. The summed E-state index contributed by atoms with van der Waals surface area (Å²) in [5, 5.41) is 15.3. The van der Waals surface area contributed by atoms with Crippen molar-refractivity contribution in [1.29, 1.82) is 0 Å². The van der Waals surface area contributed by atoms with Gasteiger partial charge in [-0.05, 0) is 30.2 Å². The fourth-order valence-electron chi connectivity index (χ4n) is 3.78. The maximum Gasteiger partial charge on any atom is 0.288 e. The lowest BCUT2D eigenvalue weighted by Crippen LogP contribution is -2.33. The van der Waals surface area contributed by atoms with Crippen molar-refractivity contribution in [2.24, 2.45) is 21.8 Å². The summed E-state index contributed by atoms with van der Waals surface area (Å²) >= 11 is 5.81. The first-order valence-electron chi connectivity index (χ1n) is 7.71. The van der Waals surface area contributed by atoms with Crippen LogP contribution in [0.15, 0.2) is 35.1 Å².